The van der Waals surface area contributed by atoms with Crippen molar-refractivity contribution in [2.24, 2.45) is 0 Å². The van der Waals surface area contributed by atoms with Crippen molar-refractivity contribution in [3.05, 3.63) is 35.1 Å². The summed E-state index contributed by atoms with van der Waals surface area (Å²) < 4.78 is 13.7. The first-order valence-corrected chi connectivity index (χ1v) is 7.21. The minimum absolute atomic E-state index is 0.189. The SMILES string of the molecule is Cc1ccc(C(C)(NC2CCCCC2)C(=O)O)cc1F. The van der Waals surface area contributed by atoms with Gasteiger partial charge < -0.3 is 5.11 Å². The summed E-state index contributed by atoms with van der Waals surface area (Å²) in [6.45, 7) is 3.29. The number of carbonyl (C=O) groups is 1. The minimum Gasteiger partial charge on any atom is -0.480 e. The molecule has 0 radical (unpaired) electrons. The van der Waals surface area contributed by atoms with Crippen LogP contribution in [0, 0.1) is 12.7 Å². The third-order valence-corrected chi connectivity index (χ3v) is 4.27. The molecule has 1 atom stereocenters. The van der Waals surface area contributed by atoms with Gasteiger partial charge in [0.05, 0.1) is 0 Å². The Labute approximate surface area is 119 Å². The first-order valence-electron chi connectivity index (χ1n) is 7.21. The van der Waals surface area contributed by atoms with Gasteiger partial charge in [0.25, 0.3) is 0 Å². The van der Waals surface area contributed by atoms with Crippen LogP contribution in [0.4, 0.5) is 4.39 Å². The van der Waals surface area contributed by atoms with Gasteiger partial charge in [0.2, 0.25) is 0 Å². The van der Waals surface area contributed by atoms with E-state index in [9.17, 15) is 14.3 Å². The van der Waals surface area contributed by atoms with Gasteiger partial charge in [0, 0.05) is 6.04 Å². The number of hydrogen-bond donors (Lipinski definition) is 2. The second-order valence-corrected chi connectivity index (χ2v) is 5.87. The Balaban J connectivity index is 2.27. The summed E-state index contributed by atoms with van der Waals surface area (Å²) >= 11 is 0. The quantitative estimate of drug-likeness (QED) is 0.888. The van der Waals surface area contributed by atoms with Gasteiger partial charge >= 0.3 is 5.97 Å². The predicted octanol–water partition coefficient (Wildman–Crippen LogP) is 3.36. The number of nitrogens with one attached hydrogen (secondary N) is 1. The summed E-state index contributed by atoms with van der Waals surface area (Å²) in [6.07, 6.45) is 5.42. The highest BCUT2D eigenvalue weighted by Crippen LogP contribution is 2.27. The lowest BCUT2D eigenvalue weighted by molar-refractivity contribution is -0.145. The molecule has 0 spiro atoms. The third kappa shape index (κ3) is 3.01. The van der Waals surface area contributed by atoms with Gasteiger partial charge in [0.1, 0.15) is 11.4 Å². The Morgan fingerprint density at radius 3 is 2.55 bits per heavy atom. The average molecular weight is 279 g/mol. The zero-order valence-corrected chi connectivity index (χ0v) is 12.1. The monoisotopic (exact) mass is 279 g/mol. The maximum atomic E-state index is 13.7. The van der Waals surface area contributed by atoms with Gasteiger partial charge in [-0.1, -0.05) is 31.4 Å². The van der Waals surface area contributed by atoms with Crippen LogP contribution in [0.25, 0.3) is 0 Å². The molecule has 1 aromatic carbocycles. The van der Waals surface area contributed by atoms with Crippen LogP contribution in [0.15, 0.2) is 18.2 Å². The molecule has 3 nitrogen and oxygen atoms in total. The van der Waals surface area contributed by atoms with Crippen molar-refractivity contribution in [2.45, 2.75) is 57.5 Å². The van der Waals surface area contributed by atoms with Crippen LogP contribution in [0.3, 0.4) is 0 Å². The molecule has 110 valence electrons. The van der Waals surface area contributed by atoms with Crippen LogP contribution in [-0.4, -0.2) is 17.1 Å². The first-order chi connectivity index (χ1) is 9.43. The van der Waals surface area contributed by atoms with Gasteiger partial charge in [-0.05, 0) is 43.9 Å². The molecule has 1 aliphatic rings. The second-order valence-electron chi connectivity index (χ2n) is 5.87. The van der Waals surface area contributed by atoms with E-state index in [0.29, 0.717) is 11.1 Å². The highest BCUT2D eigenvalue weighted by atomic mass is 19.1. The van der Waals surface area contributed by atoms with E-state index in [-0.39, 0.29) is 11.9 Å². The predicted molar refractivity (Wildman–Crippen MR) is 76.1 cm³/mol. The molecule has 2 N–H and O–H groups in total. The number of carboxylic acids is 1. The smallest absolute Gasteiger partial charge is 0.328 e. The molecule has 1 fully saturated rings. The number of halogens is 1. The van der Waals surface area contributed by atoms with Crippen molar-refractivity contribution >= 4 is 5.97 Å². The fraction of sp³-hybridized carbons (Fsp3) is 0.562. The maximum absolute atomic E-state index is 13.7. The van der Waals surface area contributed by atoms with Crippen molar-refractivity contribution < 1.29 is 14.3 Å². The summed E-state index contributed by atoms with van der Waals surface area (Å²) in [4.78, 5) is 11.7. The second kappa shape index (κ2) is 5.92. The van der Waals surface area contributed by atoms with E-state index >= 15 is 0 Å². The fourth-order valence-corrected chi connectivity index (χ4v) is 2.83. The van der Waals surface area contributed by atoms with Crippen LogP contribution >= 0.6 is 0 Å². The van der Waals surface area contributed by atoms with Crippen molar-refractivity contribution in [1.82, 2.24) is 5.32 Å². The van der Waals surface area contributed by atoms with Gasteiger partial charge in [-0.25, -0.2) is 9.18 Å². The molecule has 20 heavy (non-hydrogen) atoms. The summed E-state index contributed by atoms with van der Waals surface area (Å²) in [5, 5.41) is 12.8. The minimum atomic E-state index is -1.24. The molecular formula is C16H22FNO2. The molecule has 0 aliphatic heterocycles. The summed E-state index contributed by atoms with van der Waals surface area (Å²) in [6, 6.07) is 4.85. The molecule has 1 unspecified atom stereocenters. The average Bonchev–Trinajstić information content (AvgIpc) is 2.42. The van der Waals surface area contributed by atoms with Crippen LogP contribution in [0.1, 0.15) is 50.2 Å². The Bertz CT molecular complexity index is 497. The van der Waals surface area contributed by atoms with Crippen molar-refractivity contribution in [3.63, 3.8) is 0 Å². The maximum Gasteiger partial charge on any atom is 0.328 e. The third-order valence-electron chi connectivity index (χ3n) is 4.27. The number of benzene rings is 1. The highest BCUT2D eigenvalue weighted by Gasteiger charge is 2.37. The molecule has 1 aliphatic carbocycles. The molecular weight excluding hydrogens is 257 g/mol. The van der Waals surface area contributed by atoms with Crippen LogP contribution in [0.5, 0.6) is 0 Å². The Morgan fingerprint density at radius 1 is 1.35 bits per heavy atom. The fourth-order valence-electron chi connectivity index (χ4n) is 2.83. The molecule has 1 aromatic rings. The van der Waals surface area contributed by atoms with E-state index in [1.165, 1.54) is 12.5 Å². The lowest BCUT2D eigenvalue weighted by Gasteiger charge is -2.34. The summed E-state index contributed by atoms with van der Waals surface area (Å²) in [7, 11) is 0. The molecule has 2 rings (SSSR count). The van der Waals surface area contributed by atoms with Crippen molar-refractivity contribution in [1.29, 1.82) is 0 Å². The molecule has 1 saturated carbocycles. The van der Waals surface area contributed by atoms with E-state index in [0.717, 1.165) is 25.7 Å². The molecule has 4 heteroatoms. The number of aryl methyl sites for hydroxylation is 1. The van der Waals surface area contributed by atoms with E-state index in [4.69, 9.17) is 0 Å². The summed E-state index contributed by atoms with van der Waals surface area (Å²) in [5.74, 6) is -1.33. The zero-order chi connectivity index (χ0) is 14.8. The van der Waals surface area contributed by atoms with Gasteiger partial charge in [-0.15, -0.1) is 0 Å². The molecule has 0 aromatic heterocycles. The largest absolute Gasteiger partial charge is 0.480 e. The van der Waals surface area contributed by atoms with E-state index < -0.39 is 11.5 Å². The summed E-state index contributed by atoms with van der Waals surface area (Å²) in [5.41, 5.74) is -0.242. The highest BCUT2D eigenvalue weighted by molar-refractivity contribution is 5.80. The van der Waals surface area contributed by atoms with Gasteiger partial charge in [0.15, 0.2) is 0 Å². The number of carboxylic acid groups (broad SMARTS) is 1. The van der Waals surface area contributed by atoms with Crippen LogP contribution in [-0.2, 0) is 10.3 Å². The molecule has 0 amide bonds. The van der Waals surface area contributed by atoms with Gasteiger partial charge in [-0.2, -0.15) is 0 Å². The lowest BCUT2D eigenvalue weighted by Crippen LogP contribution is -2.51. The van der Waals surface area contributed by atoms with Crippen LogP contribution in [0.2, 0.25) is 0 Å². The Kier molecular flexibility index (Phi) is 4.43. The molecule has 0 bridgehead atoms. The van der Waals surface area contributed by atoms with Crippen molar-refractivity contribution in [3.8, 4) is 0 Å². The van der Waals surface area contributed by atoms with E-state index in [1.54, 1.807) is 26.0 Å². The Morgan fingerprint density at radius 2 is 2.00 bits per heavy atom. The number of rotatable bonds is 4. The normalized spacial score (nSPS) is 19.6. The lowest BCUT2D eigenvalue weighted by atomic mass is 9.87. The zero-order valence-electron chi connectivity index (χ0n) is 12.1. The standard InChI is InChI=1S/C16H22FNO2/c1-11-8-9-12(10-14(11)17)16(2,15(19)20)18-13-6-4-3-5-7-13/h8-10,13,18H,3-7H2,1-2H3,(H,19,20). The van der Waals surface area contributed by atoms with Gasteiger partial charge in [-0.3, -0.25) is 5.32 Å². The van der Waals surface area contributed by atoms with E-state index in [2.05, 4.69) is 5.32 Å². The number of hydrogen-bond acceptors (Lipinski definition) is 2. The van der Waals surface area contributed by atoms with Crippen LogP contribution < -0.4 is 5.32 Å². The topological polar surface area (TPSA) is 49.3 Å². The van der Waals surface area contributed by atoms with E-state index in [1.807, 2.05) is 0 Å². The molecule has 0 saturated heterocycles. The Hall–Kier alpha value is -1.42. The first kappa shape index (κ1) is 15.0. The molecule has 0 heterocycles. The van der Waals surface area contributed by atoms with Crippen molar-refractivity contribution in [2.75, 3.05) is 0 Å². The number of aliphatic carboxylic acids is 1.